The Labute approximate surface area is 67.6 Å². The average Bonchev–Trinajstić information content (AvgIpc) is 2.87. The first-order valence-electron chi connectivity index (χ1n) is 4.05. The van der Waals surface area contributed by atoms with Gasteiger partial charge in [-0.2, -0.15) is 0 Å². The smallest absolute Gasteiger partial charge is 0.0140 e. The number of benzene rings is 1. The van der Waals surface area contributed by atoms with Gasteiger partial charge in [-0.05, 0) is 36.0 Å². The molecule has 11 heavy (non-hydrogen) atoms. The Kier molecular flexibility index (Phi) is 1.54. The molecule has 0 bridgehead atoms. The van der Waals surface area contributed by atoms with Crippen LogP contribution in [0.2, 0.25) is 0 Å². The lowest BCUT2D eigenvalue weighted by molar-refractivity contribution is 1.12. The van der Waals surface area contributed by atoms with Crippen molar-refractivity contribution in [1.29, 1.82) is 0 Å². The van der Waals surface area contributed by atoms with Crippen molar-refractivity contribution < 1.29 is 0 Å². The summed E-state index contributed by atoms with van der Waals surface area (Å²) >= 11 is 0. The fourth-order valence-electron chi connectivity index (χ4n) is 1.37. The lowest BCUT2D eigenvalue weighted by Gasteiger charge is -2.00. The normalized spacial score (nSPS) is 16.4. The highest BCUT2D eigenvalue weighted by Gasteiger charge is 2.24. The van der Waals surface area contributed by atoms with Gasteiger partial charge in [-0.25, -0.2) is 0 Å². The first kappa shape index (κ1) is 6.66. The Morgan fingerprint density at radius 2 is 2.36 bits per heavy atom. The van der Waals surface area contributed by atoms with E-state index in [0.717, 1.165) is 5.92 Å². The van der Waals surface area contributed by atoms with Crippen LogP contribution in [0.25, 0.3) is 6.08 Å². The minimum absolute atomic E-state index is 0.782. The van der Waals surface area contributed by atoms with Crippen LogP contribution in [0, 0.1) is 6.07 Å². The molecule has 0 heteroatoms. The molecule has 1 saturated carbocycles. The fourth-order valence-corrected chi connectivity index (χ4v) is 1.37. The number of hydrogen-bond donors (Lipinski definition) is 0. The van der Waals surface area contributed by atoms with Crippen molar-refractivity contribution >= 4 is 6.08 Å². The Bertz CT molecular complexity index is 269. The van der Waals surface area contributed by atoms with Crippen molar-refractivity contribution in [3.8, 4) is 0 Å². The summed E-state index contributed by atoms with van der Waals surface area (Å²) in [5, 5.41) is 0. The van der Waals surface area contributed by atoms with E-state index in [9.17, 15) is 0 Å². The van der Waals surface area contributed by atoms with Gasteiger partial charge in [-0.15, -0.1) is 0 Å². The first-order valence-corrected chi connectivity index (χ1v) is 4.05. The molecule has 0 aliphatic heterocycles. The van der Waals surface area contributed by atoms with E-state index in [1.165, 1.54) is 24.0 Å². The molecule has 0 aromatic heterocycles. The first-order chi connectivity index (χ1) is 5.42. The molecule has 0 unspecified atom stereocenters. The van der Waals surface area contributed by atoms with Gasteiger partial charge in [-0.3, -0.25) is 0 Å². The van der Waals surface area contributed by atoms with E-state index in [0.29, 0.717) is 0 Å². The largest absolute Gasteiger partial charge is 0.0985 e. The second-order valence-corrected chi connectivity index (χ2v) is 3.02. The molecule has 1 fully saturated rings. The van der Waals surface area contributed by atoms with Gasteiger partial charge >= 0.3 is 0 Å². The van der Waals surface area contributed by atoms with Gasteiger partial charge in [0.15, 0.2) is 0 Å². The van der Waals surface area contributed by atoms with Crippen molar-refractivity contribution in [2.24, 2.45) is 0 Å². The van der Waals surface area contributed by atoms with Crippen LogP contribution < -0.4 is 0 Å². The zero-order valence-corrected chi connectivity index (χ0v) is 6.51. The van der Waals surface area contributed by atoms with Crippen LogP contribution in [0.3, 0.4) is 0 Å². The third-order valence-electron chi connectivity index (χ3n) is 2.13. The lowest BCUT2D eigenvalue weighted by Crippen LogP contribution is -1.83. The zero-order chi connectivity index (χ0) is 7.68. The highest BCUT2D eigenvalue weighted by atomic mass is 14.3. The second kappa shape index (κ2) is 2.54. The summed E-state index contributed by atoms with van der Waals surface area (Å²) < 4.78 is 0. The Morgan fingerprint density at radius 1 is 1.55 bits per heavy atom. The maximum Gasteiger partial charge on any atom is -0.0140 e. The van der Waals surface area contributed by atoms with Crippen molar-refractivity contribution in [3.05, 3.63) is 42.0 Å². The number of hydrogen-bond acceptors (Lipinski definition) is 0. The van der Waals surface area contributed by atoms with E-state index in [1.54, 1.807) is 0 Å². The number of rotatable bonds is 2. The predicted molar refractivity (Wildman–Crippen MR) is 47.3 cm³/mol. The molecule has 0 amide bonds. The Hall–Kier alpha value is -1.04. The summed E-state index contributed by atoms with van der Waals surface area (Å²) in [7, 11) is 0. The van der Waals surface area contributed by atoms with Crippen molar-refractivity contribution in [3.63, 3.8) is 0 Å². The van der Waals surface area contributed by atoms with Gasteiger partial charge in [0.05, 0.1) is 0 Å². The lowest BCUT2D eigenvalue weighted by atomic mass is 10.0. The van der Waals surface area contributed by atoms with E-state index in [4.69, 9.17) is 0 Å². The minimum Gasteiger partial charge on any atom is -0.0985 e. The van der Waals surface area contributed by atoms with E-state index in [1.807, 2.05) is 18.2 Å². The van der Waals surface area contributed by atoms with Crippen molar-refractivity contribution in [1.82, 2.24) is 0 Å². The zero-order valence-electron chi connectivity index (χ0n) is 6.51. The van der Waals surface area contributed by atoms with Gasteiger partial charge in [0.1, 0.15) is 0 Å². The summed E-state index contributed by atoms with van der Waals surface area (Å²) in [6, 6.07) is 9.39. The molecule has 0 atom stereocenters. The minimum atomic E-state index is 0.782. The van der Waals surface area contributed by atoms with Crippen molar-refractivity contribution in [2.45, 2.75) is 18.8 Å². The Morgan fingerprint density at radius 3 is 3.00 bits per heavy atom. The van der Waals surface area contributed by atoms with Gasteiger partial charge in [0.2, 0.25) is 0 Å². The summed E-state index contributed by atoms with van der Waals surface area (Å²) in [4.78, 5) is 0. The summed E-state index contributed by atoms with van der Waals surface area (Å²) in [6.45, 7) is 3.78. The maximum atomic E-state index is 3.78. The predicted octanol–water partition coefficient (Wildman–Crippen LogP) is 3.01. The molecule has 1 aliphatic rings. The topological polar surface area (TPSA) is 0 Å². The van der Waals surface area contributed by atoms with Crippen molar-refractivity contribution in [2.75, 3.05) is 0 Å². The molecule has 0 N–H and O–H groups in total. The van der Waals surface area contributed by atoms with E-state index in [2.05, 4.69) is 18.7 Å². The molecule has 1 aromatic rings. The molecule has 0 nitrogen and oxygen atoms in total. The van der Waals surface area contributed by atoms with Crippen LogP contribution in [0.15, 0.2) is 24.8 Å². The third-order valence-corrected chi connectivity index (χ3v) is 2.13. The van der Waals surface area contributed by atoms with Crippen LogP contribution >= 0.6 is 0 Å². The van der Waals surface area contributed by atoms with Gasteiger partial charge in [0, 0.05) is 0 Å². The molecule has 0 saturated heterocycles. The molecular weight excluding hydrogens is 132 g/mol. The molecule has 1 radical (unpaired) electrons. The monoisotopic (exact) mass is 143 g/mol. The highest BCUT2D eigenvalue weighted by Crippen LogP contribution is 2.41. The highest BCUT2D eigenvalue weighted by molar-refractivity contribution is 5.53. The molecule has 55 valence electrons. The second-order valence-electron chi connectivity index (χ2n) is 3.02. The quantitative estimate of drug-likeness (QED) is 0.597. The van der Waals surface area contributed by atoms with Crippen LogP contribution in [-0.4, -0.2) is 0 Å². The third kappa shape index (κ3) is 1.21. The SMILES string of the molecule is C=Cc1ccc[c]c1C1CC1. The summed E-state index contributed by atoms with van der Waals surface area (Å²) in [5.74, 6) is 0.782. The van der Waals surface area contributed by atoms with Crippen LogP contribution in [-0.2, 0) is 0 Å². The molecule has 0 spiro atoms. The summed E-state index contributed by atoms with van der Waals surface area (Å²) in [6.07, 6.45) is 4.59. The molecular formula is C11H11. The molecule has 0 heterocycles. The molecule has 2 rings (SSSR count). The summed E-state index contributed by atoms with van der Waals surface area (Å²) in [5.41, 5.74) is 2.62. The van der Waals surface area contributed by atoms with Gasteiger partial charge < -0.3 is 0 Å². The van der Waals surface area contributed by atoms with E-state index in [-0.39, 0.29) is 0 Å². The van der Waals surface area contributed by atoms with Crippen LogP contribution in [0.1, 0.15) is 29.9 Å². The van der Waals surface area contributed by atoms with E-state index >= 15 is 0 Å². The van der Waals surface area contributed by atoms with Crippen LogP contribution in [0.5, 0.6) is 0 Å². The van der Waals surface area contributed by atoms with Crippen LogP contribution in [0.4, 0.5) is 0 Å². The standard InChI is InChI=1S/C11H11/c1-2-9-5-3-4-6-11(9)10-7-8-10/h2-5,10H,1,7-8H2. The maximum absolute atomic E-state index is 3.78. The van der Waals surface area contributed by atoms with Gasteiger partial charge in [0.25, 0.3) is 0 Å². The van der Waals surface area contributed by atoms with Gasteiger partial charge in [-0.1, -0.05) is 30.9 Å². The Balaban J connectivity index is 2.42. The fraction of sp³-hybridized carbons (Fsp3) is 0.273. The molecule has 1 aliphatic carbocycles. The average molecular weight is 143 g/mol. The molecule has 1 aromatic carbocycles. The van der Waals surface area contributed by atoms with E-state index < -0.39 is 0 Å².